The van der Waals surface area contributed by atoms with Gasteiger partial charge >= 0.3 is 5.69 Å². The number of hydrogen-bond donors (Lipinski definition) is 2. The lowest BCUT2D eigenvalue weighted by atomic mass is 10.0. The molecule has 36 heavy (non-hydrogen) atoms. The first-order chi connectivity index (χ1) is 17.1. The summed E-state index contributed by atoms with van der Waals surface area (Å²) in [6.07, 6.45) is 0.764. The highest BCUT2D eigenvalue weighted by Gasteiger charge is 2.19. The molecule has 4 aromatic rings. The Balaban J connectivity index is 1.71. The summed E-state index contributed by atoms with van der Waals surface area (Å²) in [6, 6.07) is 12.1. The van der Waals surface area contributed by atoms with Crippen LogP contribution in [0.4, 0.5) is 5.69 Å². The highest BCUT2D eigenvalue weighted by Crippen LogP contribution is 2.17. The molecule has 0 aliphatic heterocycles. The van der Waals surface area contributed by atoms with E-state index < -0.39 is 11.6 Å². The van der Waals surface area contributed by atoms with Gasteiger partial charge in [-0.05, 0) is 55.2 Å². The van der Waals surface area contributed by atoms with Gasteiger partial charge in [-0.15, -0.1) is 5.10 Å². The summed E-state index contributed by atoms with van der Waals surface area (Å²) in [6.45, 7) is 7.69. The van der Waals surface area contributed by atoms with Gasteiger partial charge in [0.05, 0.1) is 10.9 Å². The highest BCUT2D eigenvalue weighted by atomic mass is 16.2. The van der Waals surface area contributed by atoms with Crippen LogP contribution < -0.4 is 21.9 Å². The Hall–Kier alpha value is -4.21. The molecule has 0 aliphatic carbocycles. The molecule has 2 amide bonds. The van der Waals surface area contributed by atoms with Crippen LogP contribution in [0.3, 0.4) is 0 Å². The van der Waals surface area contributed by atoms with Crippen LogP contribution in [0.2, 0.25) is 0 Å². The highest BCUT2D eigenvalue weighted by molar-refractivity contribution is 5.98. The molecule has 2 heterocycles. The van der Waals surface area contributed by atoms with Crippen LogP contribution >= 0.6 is 0 Å². The van der Waals surface area contributed by atoms with Gasteiger partial charge in [0.15, 0.2) is 0 Å². The molecule has 0 saturated carbocycles. The fourth-order valence-corrected chi connectivity index (χ4v) is 3.93. The number of fused-ring (bicyclic) bond motifs is 3. The molecule has 0 fully saturated rings. The monoisotopic (exact) mass is 490 g/mol. The number of nitrogens with one attached hydrogen (secondary N) is 2. The van der Waals surface area contributed by atoms with Crippen LogP contribution in [-0.2, 0) is 18.4 Å². The molecule has 2 N–H and O–H groups in total. The van der Waals surface area contributed by atoms with E-state index in [1.54, 1.807) is 6.07 Å². The number of carbonyl (C=O) groups excluding carboxylic acids is 2. The van der Waals surface area contributed by atoms with E-state index in [4.69, 9.17) is 0 Å². The molecule has 4 rings (SSSR count). The van der Waals surface area contributed by atoms with Gasteiger partial charge in [-0.3, -0.25) is 19.0 Å². The van der Waals surface area contributed by atoms with Crippen LogP contribution in [-0.4, -0.2) is 36.6 Å². The van der Waals surface area contributed by atoms with E-state index in [0.717, 1.165) is 16.7 Å². The molecule has 10 heteroatoms. The maximum atomic E-state index is 13.3. The van der Waals surface area contributed by atoms with Crippen LogP contribution in [0.1, 0.15) is 56.0 Å². The Morgan fingerprint density at radius 1 is 1.03 bits per heavy atom. The first-order valence-corrected chi connectivity index (χ1v) is 11.9. The van der Waals surface area contributed by atoms with Crippen molar-refractivity contribution in [3.05, 3.63) is 74.4 Å². The van der Waals surface area contributed by atoms with E-state index in [1.807, 2.05) is 38.1 Å². The van der Waals surface area contributed by atoms with E-state index in [-0.39, 0.29) is 40.7 Å². The number of benzene rings is 2. The number of rotatable bonds is 7. The van der Waals surface area contributed by atoms with Crippen molar-refractivity contribution in [3.63, 3.8) is 0 Å². The fraction of sp³-hybridized carbons (Fsp3) is 0.346. The quantitative estimate of drug-likeness (QED) is 0.413. The van der Waals surface area contributed by atoms with E-state index >= 15 is 0 Å². The van der Waals surface area contributed by atoms with E-state index in [0.29, 0.717) is 17.2 Å². The number of nitrogens with zero attached hydrogens (tertiary/aromatic N) is 4. The Bertz CT molecular complexity index is 1580. The lowest BCUT2D eigenvalue weighted by Crippen LogP contribution is -2.32. The second-order valence-electron chi connectivity index (χ2n) is 9.28. The maximum Gasteiger partial charge on any atom is 0.352 e. The van der Waals surface area contributed by atoms with E-state index in [1.165, 1.54) is 28.1 Å². The van der Waals surface area contributed by atoms with Crippen molar-refractivity contribution in [2.24, 2.45) is 7.05 Å². The van der Waals surface area contributed by atoms with Crippen molar-refractivity contribution in [1.82, 2.24) is 24.1 Å². The molecule has 0 spiro atoms. The van der Waals surface area contributed by atoms with Gasteiger partial charge in [0.2, 0.25) is 11.7 Å². The van der Waals surface area contributed by atoms with Crippen molar-refractivity contribution in [3.8, 4) is 0 Å². The number of amides is 2. The zero-order valence-electron chi connectivity index (χ0n) is 21.0. The molecule has 0 aliphatic rings. The van der Waals surface area contributed by atoms with Gasteiger partial charge < -0.3 is 10.6 Å². The molecule has 0 bridgehead atoms. The summed E-state index contributed by atoms with van der Waals surface area (Å²) in [5.74, 6) is -0.287. The SMILES string of the molecule is CC[C@H](C)NC(=O)c1ccc2c(=O)n(C)c3nn(CC(=O)Nc4ccc(C(C)C)cc4)c(=O)n3c2c1. The summed E-state index contributed by atoms with van der Waals surface area (Å²) in [5.41, 5.74) is 1.38. The molecule has 188 valence electrons. The van der Waals surface area contributed by atoms with E-state index in [9.17, 15) is 19.2 Å². The molecule has 0 radical (unpaired) electrons. The zero-order chi connectivity index (χ0) is 26.1. The van der Waals surface area contributed by atoms with E-state index in [2.05, 4.69) is 29.6 Å². The Kier molecular flexibility index (Phi) is 6.78. The number of anilines is 1. The summed E-state index contributed by atoms with van der Waals surface area (Å²) in [5, 5.41) is 10.2. The molecular weight excluding hydrogens is 460 g/mol. The normalized spacial score (nSPS) is 12.3. The predicted octanol–water partition coefficient (Wildman–Crippen LogP) is 2.64. The van der Waals surface area contributed by atoms with Gasteiger partial charge in [-0.25, -0.2) is 13.9 Å². The van der Waals surface area contributed by atoms with Crippen molar-refractivity contribution in [2.45, 2.75) is 52.6 Å². The Labute approximate surface area is 207 Å². The van der Waals surface area contributed by atoms with Crippen molar-refractivity contribution in [2.75, 3.05) is 5.32 Å². The van der Waals surface area contributed by atoms with Gasteiger partial charge in [-0.2, -0.15) is 0 Å². The smallest absolute Gasteiger partial charge is 0.350 e. The van der Waals surface area contributed by atoms with Crippen LogP contribution in [0.25, 0.3) is 16.7 Å². The number of aromatic nitrogens is 4. The third-order valence-corrected chi connectivity index (χ3v) is 6.30. The fourth-order valence-electron chi connectivity index (χ4n) is 3.93. The Morgan fingerprint density at radius 2 is 1.72 bits per heavy atom. The molecule has 10 nitrogen and oxygen atoms in total. The first-order valence-electron chi connectivity index (χ1n) is 11.9. The molecule has 2 aromatic heterocycles. The second-order valence-corrected chi connectivity index (χ2v) is 9.28. The average Bonchev–Trinajstić information content (AvgIpc) is 3.18. The van der Waals surface area contributed by atoms with Gasteiger partial charge in [0.25, 0.3) is 11.5 Å². The average molecular weight is 491 g/mol. The molecule has 0 saturated heterocycles. The number of hydrogen-bond acceptors (Lipinski definition) is 5. The largest absolute Gasteiger partial charge is 0.352 e. The molecule has 0 unspecified atom stereocenters. The van der Waals surface area contributed by atoms with Crippen LogP contribution in [0.15, 0.2) is 52.1 Å². The minimum absolute atomic E-state index is 0.0255. The lowest BCUT2D eigenvalue weighted by Gasteiger charge is -2.12. The minimum Gasteiger partial charge on any atom is -0.350 e. The van der Waals surface area contributed by atoms with Gasteiger partial charge in [-0.1, -0.05) is 32.9 Å². The summed E-state index contributed by atoms with van der Waals surface area (Å²) in [4.78, 5) is 51.5. The maximum absolute atomic E-state index is 13.3. The standard InChI is InChI=1S/C26H30N6O4/c1-6-16(4)27-23(34)18-9-12-20-21(13-18)32-25(30(5)24(20)35)29-31(26(32)36)14-22(33)28-19-10-7-17(8-11-19)15(2)3/h7-13,15-16H,6,14H2,1-5H3,(H,27,34)(H,28,33)/t16-/m0/s1. The van der Waals surface area contributed by atoms with Gasteiger partial charge in [0.1, 0.15) is 6.54 Å². The van der Waals surface area contributed by atoms with Crippen molar-refractivity contribution < 1.29 is 9.59 Å². The Morgan fingerprint density at radius 3 is 2.36 bits per heavy atom. The number of aryl methyl sites for hydroxylation is 1. The predicted molar refractivity (Wildman–Crippen MR) is 139 cm³/mol. The molecule has 2 aromatic carbocycles. The summed E-state index contributed by atoms with van der Waals surface area (Å²) < 4.78 is 3.51. The third kappa shape index (κ3) is 4.66. The third-order valence-electron chi connectivity index (χ3n) is 6.30. The zero-order valence-corrected chi connectivity index (χ0v) is 21.0. The topological polar surface area (TPSA) is 120 Å². The second kappa shape index (κ2) is 9.80. The minimum atomic E-state index is -0.588. The summed E-state index contributed by atoms with van der Waals surface area (Å²) >= 11 is 0. The first kappa shape index (κ1) is 24.9. The summed E-state index contributed by atoms with van der Waals surface area (Å²) in [7, 11) is 1.51. The van der Waals surface area contributed by atoms with Crippen LogP contribution in [0.5, 0.6) is 0 Å². The number of carbonyl (C=O) groups is 2. The van der Waals surface area contributed by atoms with Crippen molar-refractivity contribution in [1.29, 1.82) is 0 Å². The van der Waals surface area contributed by atoms with Crippen LogP contribution in [0, 0.1) is 0 Å². The van der Waals surface area contributed by atoms with Crippen molar-refractivity contribution >= 4 is 34.2 Å². The lowest BCUT2D eigenvalue weighted by molar-refractivity contribution is -0.117. The molecule has 1 atom stereocenters. The van der Waals surface area contributed by atoms with Gasteiger partial charge in [0, 0.05) is 24.3 Å². The molecular formula is C26H30N6O4.